The molecule has 1 aromatic carbocycles. The zero-order valence-electron chi connectivity index (χ0n) is 11.9. The Kier molecular flexibility index (Phi) is 3.95. The molecule has 21 heavy (non-hydrogen) atoms. The lowest BCUT2D eigenvalue weighted by molar-refractivity contribution is 0.568. The maximum Gasteiger partial charge on any atom is 0.247 e. The molecule has 0 bridgehead atoms. The highest BCUT2D eigenvalue weighted by Crippen LogP contribution is 2.20. The molecule has 0 fully saturated rings. The first-order valence-electron chi connectivity index (χ1n) is 6.98. The molecule has 3 aromatic rings. The number of hydrogen-bond donors (Lipinski definition) is 1. The standard InChI is InChI=1S/C15H17N5O/c1-2-8-20-14(6-7-18-20)10-16-13-5-3-4-12(9-13)15-19-17-11-21-15/h3-7,9,11,16H,2,8,10H2,1H3. The molecule has 0 aliphatic carbocycles. The predicted molar refractivity (Wildman–Crippen MR) is 79.6 cm³/mol. The zero-order valence-corrected chi connectivity index (χ0v) is 11.9. The minimum Gasteiger partial charge on any atom is -0.423 e. The van der Waals surface area contributed by atoms with E-state index in [1.165, 1.54) is 12.1 Å². The topological polar surface area (TPSA) is 68.8 Å². The van der Waals surface area contributed by atoms with E-state index >= 15 is 0 Å². The molecule has 0 atom stereocenters. The smallest absolute Gasteiger partial charge is 0.247 e. The molecule has 0 unspecified atom stereocenters. The van der Waals surface area contributed by atoms with Gasteiger partial charge in [0.25, 0.3) is 0 Å². The largest absolute Gasteiger partial charge is 0.423 e. The Balaban J connectivity index is 1.71. The van der Waals surface area contributed by atoms with Gasteiger partial charge in [0.05, 0.1) is 12.2 Å². The van der Waals surface area contributed by atoms with Gasteiger partial charge in [0.1, 0.15) is 0 Å². The van der Waals surface area contributed by atoms with Crippen LogP contribution in [-0.2, 0) is 13.1 Å². The highest BCUT2D eigenvalue weighted by atomic mass is 16.4. The Bertz CT molecular complexity index is 690. The molecule has 2 aromatic heterocycles. The number of nitrogens with one attached hydrogen (secondary N) is 1. The molecule has 6 heteroatoms. The van der Waals surface area contributed by atoms with Gasteiger partial charge in [-0.2, -0.15) is 5.10 Å². The van der Waals surface area contributed by atoms with Gasteiger partial charge >= 0.3 is 0 Å². The van der Waals surface area contributed by atoms with Gasteiger partial charge in [0, 0.05) is 24.0 Å². The Labute approximate surface area is 122 Å². The minimum absolute atomic E-state index is 0.523. The van der Waals surface area contributed by atoms with Crippen molar-refractivity contribution in [3.8, 4) is 11.5 Å². The van der Waals surface area contributed by atoms with E-state index in [4.69, 9.17) is 4.42 Å². The summed E-state index contributed by atoms with van der Waals surface area (Å²) in [4.78, 5) is 0. The Morgan fingerprint density at radius 3 is 3.05 bits per heavy atom. The third-order valence-electron chi connectivity index (χ3n) is 3.18. The van der Waals surface area contributed by atoms with Gasteiger partial charge in [0.2, 0.25) is 12.3 Å². The van der Waals surface area contributed by atoms with E-state index in [1.54, 1.807) is 0 Å². The van der Waals surface area contributed by atoms with E-state index in [1.807, 2.05) is 41.2 Å². The van der Waals surface area contributed by atoms with Crippen molar-refractivity contribution >= 4 is 5.69 Å². The maximum atomic E-state index is 5.21. The second-order valence-corrected chi connectivity index (χ2v) is 4.72. The average Bonchev–Trinajstić information content (AvgIpc) is 3.18. The van der Waals surface area contributed by atoms with E-state index in [0.717, 1.165) is 30.8 Å². The van der Waals surface area contributed by atoms with Crippen LogP contribution in [0.15, 0.2) is 47.3 Å². The molecule has 6 nitrogen and oxygen atoms in total. The first-order valence-corrected chi connectivity index (χ1v) is 6.98. The van der Waals surface area contributed by atoms with Crippen LogP contribution in [0, 0.1) is 0 Å². The van der Waals surface area contributed by atoms with E-state index in [9.17, 15) is 0 Å². The van der Waals surface area contributed by atoms with Crippen molar-refractivity contribution in [2.75, 3.05) is 5.32 Å². The summed E-state index contributed by atoms with van der Waals surface area (Å²) in [6, 6.07) is 9.95. The summed E-state index contributed by atoms with van der Waals surface area (Å²) in [5.74, 6) is 0.523. The van der Waals surface area contributed by atoms with E-state index in [0.29, 0.717) is 5.89 Å². The van der Waals surface area contributed by atoms with Gasteiger partial charge in [-0.25, -0.2) is 0 Å². The quantitative estimate of drug-likeness (QED) is 0.753. The summed E-state index contributed by atoms with van der Waals surface area (Å²) < 4.78 is 7.23. The highest BCUT2D eigenvalue weighted by Gasteiger charge is 2.05. The van der Waals surface area contributed by atoms with Gasteiger partial charge in [0.15, 0.2) is 0 Å². The highest BCUT2D eigenvalue weighted by molar-refractivity contribution is 5.60. The number of aryl methyl sites for hydroxylation is 1. The van der Waals surface area contributed by atoms with Gasteiger partial charge in [-0.1, -0.05) is 13.0 Å². The molecule has 3 rings (SSSR count). The molecule has 0 spiro atoms. The average molecular weight is 283 g/mol. The van der Waals surface area contributed by atoms with Crippen molar-refractivity contribution in [1.82, 2.24) is 20.0 Å². The summed E-state index contributed by atoms with van der Waals surface area (Å²) in [6.07, 6.45) is 4.24. The summed E-state index contributed by atoms with van der Waals surface area (Å²) in [5.41, 5.74) is 3.08. The molecule has 0 aliphatic heterocycles. The second kappa shape index (κ2) is 6.21. The number of nitrogens with zero attached hydrogens (tertiary/aromatic N) is 4. The van der Waals surface area contributed by atoms with Crippen LogP contribution in [0.5, 0.6) is 0 Å². The van der Waals surface area contributed by atoms with Gasteiger partial charge < -0.3 is 9.73 Å². The molecule has 1 N–H and O–H groups in total. The molecule has 0 amide bonds. The third kappa shape index (κ3) is 3.10. The number of hydrogen-bond acceptors (Lipinski definition) is 5. The molecule has 2 heterocycles. The van der Waals surface area contributed by atoms with E-state index in [-0.39, 0.29) is 0 Å². The van der Waals surface area contributed by atoms with Gasteiger partial charge in [-0.15, -0.1) is 10.2 Å². The lowest BCUT2D eigenvalue weighted by Crippen LogP contribution is -2.08. The van der Waals surface area contributed by atoms with Gasteiger partial charge in [-0.05, 0) is 30.7 Å². The van der Waals surface area contributed by atoms with E-state index < -0.39 is 0 Å². The first kappa shape index (κ1) is 13.4. The summed E-state index contributed by atoms with van der Waals surface area (Å²) >= 11 is 0. The molecule has 0 aliphatic rings. The Hall–Kier alpha value is -2.63. The molecule has 0 saturated carbocycles. The first-order chi connectivity index (χ1) is 10.4. The van der Waals surface area contributed by atoms with Crippen molar-refractivity contribution < 1.29 is 4.42 Å². The van der Waals surface area contributed by atoms with Crippen LogP contribution in [0.2, 0.25) is 0 Å². The summed E-state index contributed by atoms with van der Waals surface area (Å²) in [6.45, 7) is 3.81. The van der Waals surface area contributed by atoms with Crippen molar-refractivity contribution in [2.24, 2.45) is 0 Å². The predicted octanol–water partition coefficient (Wildman–Crippen LogP) is 2.96. The van der Waals surface area contributed by atoms with Crippen LogP contribution in [0.25, 0.3) is 11.5 Å². The van der Waals surface area contributed by atoms with Crippen molar-refractivity contribution in [3.63, 3.8) is 0 Å². The molecular weight excluding hydrogens is 266 g/mol. The van der Waals surface area contributed by atoms with Crippen LogP contribution in [0.4, 0.5) is 5.69 Å². The fourth-order valence-corrected chi connectivity index (χ4v) is 2.18. The number of anilines is 1. The maximum absolute atomic E-state index is 5.21. The van der Waals surface area contributed by atoms with Gasteiger partial charge in [-0.3, -0.25) is 4.68 Å². The number of aromatic nitrogens is 4. The lowest BCUT2D eigenvalue weighted by atomic mass is 10.2. The lowest BCUT2D eigenvalue weighted by Gasteiger charge is -2.09. The molecular formula is C15H17N5O. The SMILES string of the molecule is CCCn1nccc1CNc1cccc(-c2nnco2)c1. The molecule has 0 radical (unpaired) electrons. The number of benzene rings is 1. The molecule has 0 saturated heterocycles. The van der Waals surface area contributed by atoms with Crippen LogP contribution < -0.4 is 5.32 Å². The fourth-order valence-electron chi connectivity index (χ4n) is 2.18. The Morgan fingerprint density at radius 2 is 2.24 bits per heavy atom. The number of rotatable bonds is 6. The monoisotopic (exact) mass is 283 g/mol. The van der Waals surface area contributed by atoms with E-state index in [2.05, 4.69) is 27.5 Å². The summed E-state index contributed by atoms with van der Waals surface area (Å²) in [7, 11) is 0. The van der Waals surface area contributed by atoms with Crippen molar-refractivity contribution in [3.05, 3.63) is 48.6 Å². The minimum atomic E-state index is 0.523. The summed E-state index contributed by atoms with van der Waals surface area (Å²) in [5, 5.41) is 15.3. The van der Waals surface area contributed by atoms with Crippen molar-refractivity contribution in [1.29, 1.82) is 0 Å². The molecule has 108 valence electrons. The fraction of sp³-hybridized carbons (Fsp3) is 0.267. The normalized spacial score (nSPS) is 10.7. The third-order valence-corrected chi connectivity index (χ3v) is 3.18. The van der Waals surface area contributed by atoms with Crippen LogP contribution in [-0.4, -0.2) is 20.0 Å². The Morgan fingerprint density at radius 1 is 1.29 bits per heavy atom. The van der Waals surface area contributed by atoms with Crippen LogP contribution >= 0.6 is 0 Å². The van der Waals surface area contributed by atoms with Crippen LogP contribution in [0.1, 0.15) is 19.0 Å². The van der Waals surface area contributed by atoms with Crippen LogP contribution in [0.3, 0.4) is 0 Å². The van der Waals surface area contributed by atoms with Crippen molar-refractivity contribution in [2.45, 2.75) is 26.4 Å². The second-order valence-electron chi connectivity index (χ2n) is 4.72. The zero-order chi connectivity index (χ0) is 14.5.